The molecule has 3 heteroatoms. The minimum atomic E-state index is 0.160. The van der Waals surface area contributed by atoms with Crippen LogP contribution >= 0.6 is 27.5 Å². The maximum absolute atomic E-state index is 10.9. The predicted molar refractivity (Wildman–Crippen MR) is 58.1 cm³/mol. The number of hydrogen-bond donors (Lipinski definition) is 0. The van der Waals surface area contributed by atoms with Crippen molar-refractivity contribution >= 4 is 33.3 Å². The summed E-state index contributed by atoms with van der Waals surface area (Å²) in [6.07, 6.45) is 0.464. The molecule has 0 saturated carbocycles. The van der Waals surface area contributed by atoms with Crippen LogP contribution in [0.3, 0.4) is 0 Å². The van der Waals surface area contributed by atoms with Gasteiger partial charge in [-0.05, 0) is 18.1 Å². The van der Waals surface area contributed by atoms with Crippen LogP contribution < -0.4 is 0 Å². The largest absolute Gasteiger partial charge is 0.300 e. The summed E-state index contributed by atoms with van der Waals surface area (Å²) in [7, 11) is 0. The lowest BCUT2D eigenvalue weighted by Gasteiger charge is -2.05. The van der Waals surface area contributed by atoms with E-state index in [2.05, 4.69) is 15.9 Å². The van der Waals surface area contributed by atoms with Gasteiger partial charge in [-0.15, -0.1) is 11.6 Å². The van der Waals surface area contributed by atoms with Gasteiger partial charge >= 0.3 is 0 Å². The minimum absolute atomic E-state index is 0.160. The maximum Gasteiger partial charge on any atom is 0.134 e. The Morgan fingerprint density at radius 3 is 2.62 bits per heavy atom. The number of rotatable bonds is 3. The fourth-order valence-corrected chi connectivity index (χ4v) is 2.07. The number of benzene rings is 1. The Morgan fingerprint density at radius 1 is 1.46 bits per heavy atom. The highest BCUT2D eigenvalue weighted by atomic mass is 79.9. The Labute approximate surface area is 91.2 Å². The number of halogens is 2. The Hall–Kier alpha value is -0.340. The first-order valence-corrected chi connectivity index (χ1v) is 5.29. The molecule has 0 amide bonds. The van der Waals surface area contributed by atoms with Crippen LogP contribution in [0, 0.1) is 0 Å². The predicted octanol–water partition coefficient (Wildman–Crippen LogP) is 3.32. The van der Waals surface area contributed by atoms with Crippen LogP contribution in [0.25, 0.3) is 0 Å². The van der Waals surface area contributed by atoms with E-state index in [-0.39, 0.29) is 5.78 Å². The Kier molecular flexibility index (Phi) is 3.94. The highest BCUT2D eigenvalue weighted by Gasteiger charge is 2.05. The third kappa shape index (κ3) is 2.82. The van der Waals surface area contributed by atoms with Gasteiger partial charge in [0.15, 0.2) is 0 Å². The van der Waals surface area contributed by atoms with Gasteiger partial charge in [0, 0.05) is 16.8 Å². The highest BCUT2D eigenvalue weighted by molar-refractivity contribution is 9.10. The van der Waals surface area contributed by atoms with Crippen molar-refractivity contribution in [3.63, 3.8) is 0 Å². The average molecular weight is 262 g/mol. The molecule has 0 unspecified atom stereocenters. The van der Waals surface area contributed by atoms with Crippen molar-refractivity contribution in [3.05, 3.63) is 33.8 Å². The second-order valence-corrected chi connectivity index (χ2v) is 3.96. The van der Waals surface area contributed by atoms with E-state index in [4.69, 9.17) is 11.6 Å². The molecular formula is C10H10BrClO. The number of Topliss-reactive ketones (excluding diaryl/α,β-unsaturated/α-hetero) is 1. The Balaban J connectivity index is 3.01. The van der Waals surface area contributed by atoms with E-state index in [1.165, 1.54) is 0 Å². The molecular weight excluding hydrogens is 251 g/mol. The normalized spacial score (nSPS) is 10.1. The van der Waals surface area contributed by atoms with Gasteiger partial charge in [0.25, 0.3) is 0 Å². The number of ketones is 1. The molecule has 0 spiro atoms. The van der Waals surface area contributed by atoms with Gasteiger partial charge in [-0.1, -0.05) is 34.1 Å². The van der Waals surface area contributed by atoms with Crippen LogP contribution in [0.2, 0.25) is 0 Å². The molecule has 0 aliphatic carbocycles. The van der Waals surface area contributed by atoms with Gasteiger partial charge in [-0.2, -0.15) is 0 Å². The van der Waals surface area contributed by atoms with E-state index >= 15 is 0 Å². The van der Waals surface area contributed by atoms with Crippen molar-refractivity contribution in [1.29, 1.82) is 0 Å². The molecule has 0 aromatic heterocycles. The minimum Gasteiger partial charge on any atom is -0.300 e. The Morgan fingerprint density at radius 2 is 2.08 bits per heavy atom. The fourth-order valence-electron chi connectivity index (χ4n) is 1.14. The molecule has 13 heavy (non-hydrogen) atoms. The average Bonchev–Trinajstić information content (AvgIpc) is 2.08. The first kappa shape index (κ1) is 10.7. The van der Waals surface area contributed by atoms with Crippen molar-refractivity contribution in [2.45, 2.75) is 19.2 Å². The van der Waals surface area contributed by atoms with Crippen molar-refractivity contribution in [2.75, 3.05) is 0 Å². The summed E-state index contributed by atoms with van der Waals surface area (Å²) < 4.78 is 0.959. The lowest BCUT2D eigenvalue weighted by molar-refractivity contribution is -0.116. The Bertz CT molecular complexity index is 323. The molecule has 0 atom stereocenters. The van der Waals surface area contributed by atoms with Crippen LogP contribution in [0.5, 0.6) is 0 Å². The van der Waals surface area contributed by atoms with E-state index in [1.54, 1.807) is 6.92 Å². The van der Waals surface area contributed by atoms with Crippen molar-refractivity contribution < 1.29 is 4.79 Å². The first-order chi connectivity index (χ1) is 6.15. The zero-order valence-corrected chi connectivity index (χ0v) is 9.65. The van der Waals surface area contributed by atoms with Gasteiger partial charge in [0.2, 0.25) is 0 Å². The molecule has 1 aromatic carbocycles. The molecule has 0 aliphatic heterocycles. The van der Waals surface area contributed by atoms with E-state index in [0.717, 1.165) is 15.6 Å². The standard InChI is InChI=1S/C10H10BrClO/c1-7(13)5-8-3-2-4-9(6-12)10(8)11/h2-4H,5-6H2,1H3. The summed E-state index contributed by atoms with van der Waals surface area (Å²) >= 11 is 9.16. The molecule has 0 aliphatic rings. The van der Waals surface area contributed by atoms with Crippen molar-refractivity contribution in [2.24, 2.45) is 0 Å². The van der Waals surface area contributed by atoms with Crippen LogP contribution in [-0.4, -0.2) is 5.78 Å². The number of alkyl halides is 1. The van der Waals surface area contributed by atoms with Gasteiger partial charge in [0.05, 0.1) is 0 Å². The highest BCUT2D eigenvalue weighted by Crippen LogP contribution is 2.23. The topological polar surface area (TPSA) is 17.1 Å². The molecule has 1 aromatic rings. The summed E-state index contributed by atoms with van der Waals surface area (Å²) in [5.74, 6) is 0.624. The molecule has 0 heterocycles. The van der Waals surface area contributed by atoms with E-state index in [9.17, 15) is 4.79 Å². The molecule has 1 nitrogen and oxygen atoms in total. The van der Waals surface area contributed by atoms with E-state index in [1.807, 2.05) is 18.2 Å². The number of hydrogen-bond acceptors (Lipinski definition) is 1. The van der Waals surface area contributed by atoms with Gasteiger partial charge in [-0.25, -0.2) is 0 Å². The third-order valence-electron chi connectivity index (χ3n) is 1.74. The smallest absolute Gasteiger partial charge is 0.134 e. The molecule has 0 bridgehead atoms. The van der Waals surface area contributed by atoms with Crippen LogP contribution in [0.15, 0.2) is 22.7 Å². The van der Waals surface area contributed by atoms with E-state index in [0.29, 0.717) is 12.3 Å². The number of carbonyl (C=O) groups is 1. The van der Waals surface area contributed by atoms with Crippen LogP contribution in [-0.2, 0) is 17.1 Å². The second-order valence-electron chi connectivity index (χ2n) is 2.90. The SMILES string of the molecule is CC(=O)Cc1cccc(CCl)c1Br. The van der Waals surface area contributed by atoms with Crippen molar-refractivity contribution in [3.8, 4) is 0 Å². The maximum atomic E-state index is 10.9. The first-order valence-electron chi connectivity index (χ1n) is 3.97. The molecule has 0 radical (unpaired) electrons. The van der Waals surface area contributed by atoms with Crippen LogP contribution in [0.1, 0.15) is 18.1 Å². The summed E-state index contributed by atoms with van der Waals surface area (Å²) in [6, 6.07) is 5.79. The molecule has 0 fully saturated rings. The fraction of sp³-hybridized carbons (Fsp3) is 0.300. The molecule has 0 N–H and O–H groups in total. The summed E-state index contributed by atoms with van der Waals surface area (Å²) in [5.41, 5.74) is 2.03. The van der Waals surface area contributed by atoms with Gasteiger partial charge in [0.1, 0.15) is 5.78 Å². The number of carbonyl (C=O) groups excluding carboxylic acids is 1. The third-order valence-corrected chi connectivity index (χ3v) is 3.05. The quantitative estimate of drug-likeness (QED) is 0.763. The molecule has 70 valence electrons. The van der Waals surface area contributed by atoms with Gasteiger partial charge in [-0.3, -0.25) is 4.79 Å². The lowest BCUT2D eigenvalue weighted by Crippen LogP contribution is -1.98. The zero-order chi connectivity index (χ0) is 9.84. The zero-order valence-electron chi connectivity index (χ0n) is 7.31. The van der Waals surface area contributed by atoms with E-state index < -0.39 is 0 Å². The summed E-state index contributed by atoms with van der Waals surface area (Å²) in [4.78, 5) is 10.9. The van der Waals surface area contributed by atoms with Gasteiger partial charge < -0.3 is 0 Å². The lowest BCUT2D eigenvalue weighted by atomic mass is 10.1. The molecule has 0 saturated heterocycles. The summed E-state index contributed by atoms with van der Waals surface area (Å²) in [5, 5.41) is 0. The molecule has 1 rings (SSSR count). The second kappa shape index (κ2) is 4.77. The van der Waals surface area contributed by atoms with Crippen molar-refractivity contribution in [1.82, 2.24) is 0 Å². The summed E-state index contributed by atoms with van der Waals surface area (Å²) in [6.45, 7) is 1.58. The monoisotopic (exact) mass is 260 g/mol. The van der Waals surface area contributed by atoms with Crippen LogP contribution in [0.4, 0.5) is 0 Å².